The molecule has 0 bridgehead atoms. The summed E-state index contributed by atoms with van der Waals surface area (Å²) in [5.74, 6) is 1.42. The average molecular weight is 304 g/mol. The lowest BCUT2D eigenvalue weighted by molar-refractivity contribution is 0.528. The highest BCUT2D eigenvalue weighted by Gasteiger charge is 2.12. The van der Waals surface area contributed by atoms with Crippen molar-refractivity contribution in [2.45, 2.75) is 17.7 Å². The van der Waals surface area contributed by atoms with Gasteiger partial charge in [0.15, 0.2) is 5.76 Å². The zero-order chi connectivity index (χ0) is 13.9. The minimum atomic E-state index is -1.24. The van der Waals surface area contributed by atoms with Gasteiger partial charge in [-0.25, -0.2) is 9.97 Å². The Kier molecular flexibility index (Phi) is 3.75. The number of pyridine rings is 1. The van der Waals surface area contributed by atoms with Crippen LogP contribution in [0, 0.1) is 6.92 Å². The van der Waals surface area contributed by atoms with E-state index in [1.165, 1.54) is 0 Å². The standard InChI is InChI=1S/C14H12N2O2S2/c1-10-4-5-14(16-7-10)20(17)9-13-15-8-11(18-13)12-3-2-6-19-12/h2-8H,9H2,1H3. The van der Waals surface area contributed by atoms with Crippen LogP contribution in [0.5, 0.6) is 0 Å². The molecule has 3 aromatic rings. The molecule has 0 aliphatic carbocycles. The highest BCUT2D eigenvalue weighted by molar-refractivity contribution is 7.84. The topological polar surface area (TPSA) is 56.0 Å². The summed E-state index contributed by atoms with van der Waals surface area (Å²) in [7, 11) is -1.24. The number of aryl methyl sites for hydroxylation is 1. The van der Waals surface area contributed by atoms with Crippen molar-refractivity contribution < 1.29 is 8.63 Å². The van der Waals surface area contributed by atoms with E-state index in [0.717, 1.165) is 10.4 Å². The third-order valence-electron chi connectivity index (χ3n) is 2.69. The molecule has 3 heterocycles. The van der Waals surface area contributed by atoms with Gasteiger partial charge in [0.1, 0.15) is 10.8 Å². The highest BCUT2D eigenvalue weighted by atomic mass is 32.2. The molecule has 0 saturated heterocycles. The van der Waals surface area contributed by atoms with Crippen molar-refractivity contribution in [2.24, 2.45) is 0 Å². The van der Waals surface area contributed by atoms with E-state index in [0.29, 0.717) is 16.7 Å². The second-order valence-corrected chi connectivity index (χ2v) is 6.60. The first-order chi connectivity index (χ1) is 9.72. The zero-order valence-electron chi connectivity index (χ0n) is 10.8. The molecule has 3 rings (SSSR count). The van der Waals surface area contributed by atoms with Crippen molar-refractivity contribution in [3.63, 3.8) is 0 Å². The molecule has 0 aliphatic rings. The van der Waals surface area contributed by atoms with Gasteiger partial charge in [-0.15, -0.1) is 11.3 Å². The SMILES string of the molecule is Cc1ccc(S(=O)Cc2ncc(-c3cccs3)o2)nc1. The maximum Gasteiger partial charge on any atom is 0.208 e. The molecule has 0 aromatic carbocycles. The largest absolute Gasteiger partial charge is 0.439 e. The fraction of sp³-hybridized carbons (Fsp3) is 0.143. The lowest BCUT2D eigenvalue weighted by Crippen LogP contribution is -1.99. The number of rotatable bonds is 4. The minimum Gasteiger partial charge on any atom is -0.439 e. The predicted octanol–water partition coefficient (Wildman–Crippen LogP) is 3.41. The van der Waals surface area contributed by atoms with Gasteiger partial charge in [0.2, 0.25) is 5.89 Å². The van der Waals surface area contributed by atoms with Crippen molar-refractivity contribution in [1.29, 1.82) is 0 Å². The van der Waals surface area contributed by atoms with E-state index in [9.17, 15) is 4.21 Å². The van der Waals surface area contributed by atoms with Crippen molar-refractivity contribution in [2.75, 3.05) is 0 Å². The molecule has 1 atom stereocenters. The van der Waals surface area contributed by atoms with Crippen molar-refractivity contribution >= 4 is 22.1 Å². The molecule has 4 nitrogen and oxygen atoms in total. The summed E-state index contributed by atoms with van der Waals surface area (Å²) in [5.41, 5.74) is 1.04. The van der Waals surface area contributed by atoms with Crippen LogP contribution in [0.1, 0.15) is 11.5 Å². The Morgan fingerprint density at radius 3 is 2.85 bits per heavy atom. The lowest BCUT2D eigenvalue weighted by atomic mass is 10.3. The van der Waals surface area contributed by atoms with Gasteiger partial charge in [-0.3, -0.25) is 4.21 Å². The Labute approximate surface area is 123 Å². The van der Waals surface area contributed by atoms with Crippen LogP contribution in [0.15, 0.2) is 51.5 Å². The van der Waals surface area contributed by atoms with Gasteiger partial charge in [0, 0.05) is 6.20 Å². The summed E-state index contributed by atoms with van der Waals surface area (Å²) in [5, 5.41) is 2.53. The molecule has 20 heavy (non-hydrogen) atoms. The maximum atomic E-state index is 12.2. The second-order valence-electron chi connectivity index (χ2n) is 4.26. The molecule has 0 aliphatic heterocycles. The molecular formula is C14H12N2O2S2. The number of oxazole rings is 1. The Morgan fingerprint density at radius 2 is 2.15 bits per heavy atom. The number of nitrogens with zero attached hydrogens (tertiary/aromatic N) is 2. The molecule has 0 amide bonds. The summed E-state index contributed by atoms with van der Waals surface area (Å²) in [6.45, 7) is 1.95. The first kappa shape index (κ1) is 13.2. The molecule has 0 fully saturated rings. The summed E-state index contributed by atoms with van der Waals surface area (Å²) in [4.78, 5) is 9.35. The maximum absolute atomic E-state index is 12.2. The third kappa shape index (κ3) is 2.86. The average Bonchev–Trinajstić information content (AvgIpc) is 3.09. The molecule has 102 valence electrons. The highest BCUT2D eigenvalue weighted by Crippen LogP contribution is 2.25. The Bertz CT molecular complexity index is 718. The van der Waals surface area contributed by atoms with Crippen LogP contribution in [0.3, 0.4) is 0 Å². The van der Waals surface area contributed by atoms with Gasteiger partial charge < -0.3 is 4.42 Å². The van der Waals surface area contributed by atoms with Gasteiger partial charge >= 0.3 is 0 Å². The summed E-state index contributed by atoms with van der Waals surface area (Å²) < 4.78 is 17.8. The van der Waals surface area contributed by atoms with Gasteiger partial charge in [-0.1, -0.05) is 12.1 Å². The number of hydrogen-bond acceptors (Lipinski definition) is 5. The fourth-order valence-electron chi connectivity index (χ4n) is 1.68. The fourth-order valence-corrected chi connectivity index (χ4v) is 3.25. The van der Waals surface area contributed by atoms with Crippen LogP contribution >= 0.6 is 11.3 Å². The lowest BCUT2D eigenvalue weighted by Gasteiger charge is -1.99. The van der Waals surface area contributed by atoms with Crippen LogP contribution in [-0.4, -0.2) is 14.2 Å². The quantitative estimate of drug-likeness (QED) is 0.741. The molecule has 0 saturated carbocycles. The first-order valence-electron chi connectivity index (χ1n) is 6.02. The van der Waals surface area contributed by atoms with E-state index in [1.54, 1.807) is 29.8 Å². The first-order valence-corrected chi connectivity index (χ1v) is 8.22. The molecule has 6 heteroatoms. The van der Waals surface area contributed by atoms with Crippen LogP contribution in [-0.2, 0) is 16.6 Å². The molecule has 0 N–H and O–H groups in total. The van der Waals surface area contributed by atoms with Gasteiger partial charge in [-0.2, -0.15) is 0 Å². The van der Waals surface area contributed by atoms with Crippen LogP contribution in [0.4, 0.5) is 0 Å². The molecule has 0 spiro atoms. The van der Waals surface area contributed by atoms with E-state index in [4.69, 9.17) is 4.42 Å². The number of hydrogen-bond donors (Lipinski definition) is 0. The van der Waals surface area contributed by atoms with Crippen molar-refractivity contribution in [3.8, 4) is 10.6 Å². The Balaban J connectivity index is 1.75. The van der Waals surface area contributed by atoms with E-state index in [1.807, 2.05) is 30.5 Å². The molecule has 3 aromatic heterocycles. The van der Waals surface area contributed by atoms with Gasteiger partial charge in [0.25, 0.3) is 0 Å². The van der Waals surface area contributed by atoms with Gasteiger partial charge in [-0.05, 0) is 30.0 Å². The number of thiophene rings is 1. The van der Waals surface area contributed by atoms with Crippen LogP contribution in [0.2, 0.25) is 0 Å². The normalized spacial score (nSPS) is 12.4. The monoisotopic (exact) mass is 304 g/mol. The van der Waals surface area contributed by atoms with E-state index >= 15 is 0 Å². The summed E-state index contributed by atoms with van der Waals surface area (Å²) in [6, 6.07) is 7.59. The smallest absolute Gasteiger partial charge is 0.208 e. The van der Waals surface area contributed by atoms with Crippen molar-refractivity contribution in [1.82, 2.24) is 9.97 Å². The predicted molar refractivity (Wildman–Crippen MR) is 78.9 cm³/mol. The Hall–Kier alpha value is -1.79. The zero-order valence-corrected chi connectivity index (χ0v) is 12.4. The van der Waals surface area contributed by atoms with Gasteiger partial charge in [0.05, 0.1) is 21.9 Å². The molecule has 0 radical (unpaired) electrons. The third-order valence-corrected chi connectivity index (χ3v) is 4.79. The second kappa shape index (κ2) is 5.68. The molecule has 1 unspecified atom stereocenters. The van der Waals surface area contributed by atoms with E-state index in [2.05, 4.69) is 9.97 Å². The van der Waals surface area contributed by atoms with Crippen LogP contribution in [0.25, 0.3) is 10.6 Å². The minimum absolute atomic E-state index is 0.238. The summed E-state index contributed by atoms with van der Waals surface area (Å²) >= 11 is 1.58. The Morgan fingerprint density at radius 1 is 1.25 bits per heavy atom. The number of aromatic nitrogens is 2. The van der Waals surface area contributed by atoms with E-state index in [-0.39, 0.29) is 5.75 Å². The molecular weight excluding hydrogens is 292 g/mol. The summed E-state index contributed by atoms with van der Waals surface area (Å²) in [6.07, 6.45) is 3.38. The van der Waals surface area contributed by atoms with E-state index < -0.39 is 10.8 Å². The van der Waals surface area contributed by atoms with Crippen molar-refractivity contribution in [3.05, 3.63) is 53.5 Å². The van der Waals surface area contributed by atoms with Crippen LogP contribution < -0.4 is 0 Å².